The van der Waals surface area contributed by atoms with E-state index in [1.54, 1.807) is 25.1 Å². The zero-order chi connectivity index (χ0) is 13.1. The number of carbonyl (C=O) groups excluding carboxylic acids is 1. The highest BCUT2D eigenvalue weighted by Gasteiger charge is 2.12. The van der Waals surface area contributed by atoms with Gasteiger partial charge in [-0.1, -0.05) is 17.7 Å². The van der Waals surface area contributed by atoms with E-state index in [0.717, 1.165) is 11.3 Å². The van der Waals surface area contributed by atoms with Gasteiger partial charge in [-0.3, -0.25) is 4.79 Å². The minimum absolute atomic E-state index is 0.0262. The molecule has 1 N–H and O–H groups in total. The summed E-state index contributed by atoms with van der Waals surface area (Å²) in [6.45, 7) is 3.63. The number of amides is 1. The minimum Gasteiger partial charge on any atom is -0.306 e. The number of hydrogen-bond acceptors (Lipinski definition) is 2. The monoisotopic (exact) mass is 244 g/mol. The van der Waals surface area contributed by atoms with Crippen LogP contribution in [-0.4, -0.2) is 10.9 Å². The summed E-state index contributed by atoms with van der Waals surface area (Å²) in [5.74, 6) is -0.610. The highest BCUT2D eigenvalue weighted by Crippen LogP contribution is 2.12. The summed E-state index contributed by atoms with van der Waals surface area (Å²) in [7, 11) is 0. The third kappa shape index (κ3) is 2.71. The average Bonchev–Trinajstić information content (AvgIpc) is 2.32. The molecule has 0 spiro atoms. The van der Waals surface area contributed by atoms with Gasteiger partial charge in [0.25, 0.3) is 5.91 Å². The average molecular weight is 244 g/mol. The summed E-state index contributed by atoms with van der Waals surface area (Å²) in [4.78, 5) is 16.0. The number of rotatable bonds is 2. The van der Waals surface area contributed by atoms with Gasteiger partial charge in [0.2, 0.25) is 0 Å². The van der Waals surface area contributed by atoms with Crippen LogP contribution in [0.1, 0.15) is 21.6 Å². The SMILES string of the molecule is Cc1ccc(F)c(C(=O)Nc2cccc(C)n2)c1. The van der Waals surface area contributed by atoms with Crippen molar-refractivity contribution in [3.05, 3.63) is 59.0 Å². The predicted molar refractivity (Wildman–Crippen MR) is 68.1 cm³/mol. The number of pyridine rings is 1. The molecule has 1 aromatic carbocycles. The molecule has 0 fully saturated rings. The van der Waals surface area contributed by atoms with E-state index in [9.17, 15) is 9.18 Å². The van der Waals surface area contributed by atoms with Gasteiger partial charge in [0.15, 0.2) is 0 Å². The summed E-state index contributed by atoms with van der Waals surface area (Å²) >= 11 is 0. The maximum absolute atomic E-state index is 13.5. The van der Waals surface area contributed by atoms with Crippen LogP contribution >= 0.6 is 0 Å². The van der Waals surface area contributed by atoms with Gasteiger partial charge in [-0.05, 0) is 38.1 Å². The molecule has 0 bridgehead atoms. The lowest BCUT2D eigenvalue weighted by atomic mass is 10.1. The van der Waals surface area contributed by atoms with Crippen molar-refractivity contribution in [1.82, 2.24) is 4.98 Å². The second-order valence-electron chi connectivity index (χ2n) is 4.10. The van der Waals surface area contributed by atoms with Crippen molar-refractivity contribution < 1.29 is 9.18 Å². The van der Waals surface area contributed by atoms with Crippen molar-refractivity contribution in [3.8, 4) is 0 Å². The molecule has 0 atom stereocenters. The molecule has 0 aliphatic carbocycles. The Morgan fingerprint density at radius 1 is 1.22 bits per heavy atom. The molecule has 1 heterocycles. The van der Waals surface area contributed by atoms with E-state index in [1.807, 2.05) is 13.0 Å². The van der Waals surface area contributed by atoms with Gasteiger partial charge in [0.1, 0.15) is 11.6 Å². The van der Waals surface area contributed by atoms with Crippen LogP contribution in [0, 0.1) is 19.7 Å². The summed E-state index contributed by atoms with van der Waals surface area (Å²) in [6.07, 6.45) is 0. The van der Waals surface area contributed by atoms with Crippen molar-refractivity contribution in [2.24, 2.45) is 0 Å². The zero-order valence-electron chi connectivity index (χ0n) is 10.2. The maximum atomic E-state index is 13.5. The Labute approximate surface area is 105 Å². The number of carbonyl (C=O) groups is 1. The third-order valence-electron chi connectivity index (χ3n) is 2.50. The molecule has 1 aromatic heterocycles. The smallest absolute Gasteiger partial charge is 0.259 e. The molecule has 0 aliphatic heterocycles. The lowest BCUT2D eigenvalue weighted by Gasteiger charge is -2.06. The fourth-order valence-corrected chi connectivity index (χ4v) is 1.61. The topological polar surface area (TPSA) is 42.0 Å². The quantitative estimate of drug-likeness (QED) is 0.882. The summed E-state index contributed by atoms with van der Waals surface area (Å²) in [6, 6.07) is 9.69. The normalized spacial score (nSPS) is 10.2. The molecular weight excluding hydrogens is 231 g/mol. The number of anilines is 1. The lowest BCUT2D eigenvalue weighted by Crippen LogP contribution is -2.15. The number of aryl methyl sites for hydroxylation is 2. The first kappa shape index (κ1) is 12.2. The molecular formula is C14H13FN2O. The van der Waals surface area contributed by atoms with E-state index in [-0.39, 0.29) is 5.56 Å². The lowest BCUT2D eigenvalue weighted by molar-refractivity contribution is 0.102. The van der Waals surface area contributed by atoms with Crippen molar-refractivity contribution in [2.45, 2.75) is 13.8 Å². The van der Waals surface area contributed by atoms with Crippen LogP contribution in [0.15, 0.2) is 36.4 Å². The Morgan fingerprint density at radius 3 is 2.72 bits per heavy atom. The molecule has 92 valence electrons. The first-order chi connectivity index (χ1) is 8.56. The first-order valence-electron chi connectivity index (χ1n) is 5.57. The van der Waals surface area contributed by atoms with Crippen molar-refractivity contribution in [3.63, 3.8) is 0 Å². The standard InChI is InChI=1S/C14H13FN2O/c1-9-6-7-12(15)11(8-9)14(18)17-13-5-3-4-10(2)16-13/h3-8H,1-2H3,(H,16,17,18). The fraction of sp³-hybridized carbons (Fsp3) is 0.143. The number of halogens is 1. The van der Waals surface area contributed by atoms with E-state index >= 15 is 0 Å². The van der Waals surface area contributed by atoms with Gasteiger partial charge in [0.05, 0.1) is 5.56 Å². The fourth-order valence-electron chi connectivity index (χ4n) is 1.61. The van der Waals surface area contributed by atoms with Crippen LogP contribution in [0.5, 0.6) is 0 Å². The first-order valence-corrected chi connectivity index (χ1v) is 5.57. The Bertz CT molecular complexity index is 596. The van der Waals surface area contributed by atoms with Gasteiger partial charge >= 0.3 is 0 Å². The van der Waals surface area contributed by atoms with E-state index in [0.29, 0.717) is 5.82 Å². The van der Waals surface area contributed by atoms with Crippen LogP contribution in [0.3, 0.4) is 0 Å². The van der Waals surface area contributed by atoms with E-state index < -0.39 is 11.7 Å². The molecule has 0 aliphatic rings. The number of benzene rings is 1. The van der Waals surface area contributed by atoms with E-state index in [1.165, 1.54) is 12.1 Å². The molecule has 0 radical (unpaired) electrons. The largest absolute Gasteiger partial charge is 0.306 e. The van der Waals surface area contributed by atoms with Crippen LogP contribution in [0.25, 0.3) is 0 Å². The van der Waals surface area contributed by atoms with Crippen LogP contribution in [0.2, 0.25) is 0 Å². The van der Waals surface area contributed by atoms with Gasteiger partial charge in [-0.2, -0.15) is 0 Å². The second kappa shape index (κ2) is 4.96. The van der Waals surface area contributed by atoms with Crippen LogP contribution in [0.4, 0.5) is 10.2 Å². The number of aromatic nitrogens is 1. The Morgan fingerprint density at radius 2 is 2.00 bits per heavy atom. The van der Waals surface area contributed by atoms with Gasteiger partial charge in [-0.25, -0.2) is 9.37 Å². The van der Waals surface area contributed by atoms with Gasteiger partial charge in [0, 0.05) is 5.69 Å². The molecule has 4 heteroatoms. The number of nitrogens with one attached hydrogen (secondary N) is 1. The van der Waals surface area contributed by atoms with Gasteiger partial charge < -0.3 is 5.32 Å². The maximum Gasteiger partial charge on any atom is 0.259 e. The predicted octanol–water partition coefficient (Wildman–Crippen LogP) is 3.09. The molecule has 1 amide bonds. The number of nitrogens with zero attached hydrogens (tertiary/aromatic N) is 1. The molecule has 2 rings (SSSR count). The highest BCUT2D eigenvalue weighted by molar-refractivity contribution is 6.04. The van der Waals surface area contributed by atoms with Crippen LogP contribution in [-0.2, 0) is 0 Å². The molecule has 0 unspecified atom stereocenters. The molecule has 2 aromatic rings. The second-order valence-corrected chi connectivity index (χ2v) is 4.10. The van der Waals surface area contributed by atoms with Gasteiger partial charge in [-0.15, -0.1) is 0 Å². The molecule has 3 nitrogen and oxygen atoms in total. The number of hydrogen-bond donors (Lipinski definition) is 1. The van der Waals surface area contributed by atoms with Crippen molar-refractivity contribution >= 4 is 11.7 Å². The highest BCUT2D eigenvalue weighted by atomic mass is 19.1. The Kier molecular flexibility index (Phi) is 3.37. The van der Waals surface area contributed by atoms with E-state index in [2.05, 4.69) is 10.3 Å². The molecule has 0 saturated heterocycles. The molecule has 0 saturated carbocycles. The summed E-state index contributed by atoms with van der Waals surface area (Å²) in [5.41, 5.74) is 1.65. The van der Waals surface area contributed by atoms with Crippen LogP contribution < -0.4 is 5.32 Å². The Hall–Kier alpha value is -2.23. The van der Waals surface area contributed by atoms with Crippen molar-refractivity contribution in [1.29, 1.82) is 0 Å². The zero-order valence-corrected chi connectivity index (χ0v) is 10.2. The molecule has 18 heavy (non-hydrogen) atoms. The minimum atomic E-state index is -0.536. The summed E-state index contributed by atoms with van der Waals surface area (Å²) in [5, 5.41) is 2.58. The van der Waals surface area contributed by atoms with Crippen molar-refractivity contribution in [2.75, 3.05) is 5.32 Å². The summed E-state index contributed by atoms with van der Waals surface area (Å²) < 4.78 is 13.5. The van der Waals surface area contributed by atoms with E-state index in [4.69, 9.17) is 0 Å². The third-order valence-corrected chi connectivity index (χ3v) is 2.50. The Balaban J connectivity index is 2.24.